The van der Waals surface area contributed by atoms with E-state index in [4.69, 9.17) is 4.74 Å². The molecule has 0 heterocycles. The second kappa shape index (κ2) is 9.01. The number of likely N-dealkylation sites (N-methyl/N-ethyl adjacent to an activating group) is 1. The van der Waals surface area contributed by atoms with Crippen molar-refractivity contribution in [3.8, 4) is 5.75 Å². The van der Waals surface area contributed by atoms with E-state index in [-0.39, 0.29) is 23.9 Å². The second-order valence-corrected chi connectivity index (χ2v) is 8.20. The molecule has 0 unspecified atom stereocenters. The van der Waals surface area contributed by atoms with Gasteiger partial charge >= 0.3 is 0 Å². The lowest BCUT2D eigenvalue weighted by Gasteiger charge is -2.20. The number of aryl methyl sites for hydroxylation is 2. The van der Waals surface area contributed by atoms with Gasteiger partial charge in [-0.1, -0.05) is 13.0 Å². The highest BCUT2D eigenvalue weighted by Gasteiger charge is 2.25. The highest BCUT2D eigenvalue weighted by Crippen LogP contribution is 2.20. The topological polar surface area (TPSA) is 75.7 Å². The van der Waals surface area contributed by atoms with E-state index in [1.54, 1.807) is 19.1 Å². The number of ether oxygens (including phenoxy) is 1. The Morgan fingerprint density at radius 1 is 1.04 bits per heavy atom. The van der Waals surface area contributed by atoms with E-state index >= 15 is 0 Å². The molecule has 0 aliphatic carbocycles. The van der Waals surface area contributed by atoms with Gasteiger partial charge in [0.1, 0.15) is 5.75 Å². The number of sulfonamides is 1. The van der Waals surface area contributed by atoms with Crippen LogP contribution in [0.15, 0.2) is 47.4 Å². The first-order valence-electron chi connectivity index (χ1n) is 8.87. The summed E-state index contributed by atoms with van der Waals surface area (Å²) in [7, 11) is -3.77. The molecule has 1 N–H and O–H groups in total. The van der Waals surface area contributed by atoms with Gasteiger partial charge < -0.3 is 10.1 Å². The van der Waals surface area contributed by atoms with Crippen molar-refractivity contribution in [2.45, 2.75) is 32.6 Å². The van der Waals surface area contributed by atoms with Gasteiger partial charge in [0.2, 0.25) is 15.9 Å². The van der Waals surface area contributed by atoms with Crippen LogP contribution in [-0.2, 0) is 14.8 Å². The van der Waals surface area contributed by atoms with Gasteiger partial charge in [-0.15, -0.1) is 0 Å². The lowest BCUT2D eigenvalue weighted by Crippen LogP contribution is -2.37. The molecule has 27 heavy (non-hydrogen) atoms. The van der Waals surface area contributed by atoms with Crippen LogP contribution >= 0.6 is 0 Å². The van der Waals surface area contributed by atoms with Crippen LogP contribution in [0.5, 0.6) is 5.75 Å². The number of hydrogen-bond acceptors (Lipinski definition) is 4. The summed E-state index contributed by atoms with van der Waals surface area (Å²) in [5, 5.41) is 2.77. The molecule has 2 aromatic carbocycles. The Morgan fingerprint density at radius 2 is 1.63 bits per heavy atom. The number of nitrogens with zero attached hydrogens (tertiary/aromatic N) is 1. The first-order chi connectivity index (χ1) is 12.8. The zero-order valence-electron chi connectivity index (χ0n) is 16.2. The van der Waals surface area contributed by atoms with E-state index in [9.17, 15) is 13.2 Å². The molecule has 2 aromatic rings. The Morgan fingerprint density at radius 3 is 2.15 bits per heavy atom. The van der Waals surface area contributed by atoms with Crippen molar-refractivity contribution in [1.82, 2.24) is 4.31 Å². The molecule has 0 saturated carbocycles. The van der Waals surface area contributed by atoms with Crippen LogP contribution < -0.4 is 10.1 Å². The van der Waals surface area contributed by atoms with Crippen molar-refractivity contribution < 1.29 is 17.9 Å². The van der Waals surface area contributed by atoms with Gasteiger partial charge in [0.05, 0.1) is 18.0 Å². The van der Waals surface area contributed by atoms with Gasteiger partial charge in [-0.25, -0.2) is 8.42 Å². The zero-order chi connectivity index (χ0) is 20.0. The van der Waals surface area contributed by atoms with E-state index in [1.807, 2.05) is 39.0 Å². The van der Waals surface area contributed by atoms with E-state index in [2.05, 4.69) is 5.32 Å². The molecule has 6 nitrogen and oxygen atoms in total. The molecule has 0 aromatic heterocycles. The van der Waals surface area contributed by atoms with E-state index in [0.29, 0.717) is 18.0 Å². The third-order valence-corrected chi connectivity index (χ3v) is 5.89. The minimum atomic E-state index is -3.77. The third kappa shape index (κ3) is 5.55. The van der Waals surface area contributed by atoms with Crippen molar-refractivity contribution in [3.63, 3.8) is 0 Å². The Bertz CT molecular complexity index is 872. The highest BCUT2D eigenvalue weighted by molar-refractivity contribution is 7.89. The van der Waals surface area contributed by atoms with Crippen molar-refractivity contribution >= 4 is 21.6 Å². The summed E-state index contributed by atoms with van der Waals surface area (Å²) in [6.07, 6.45) is 0. The molecule has 146 valence electrons. The average molecular weight is 391 g/mol. The molecule has 0 bridgehead atoms. The Kier molecular flexibility index (Phi) is 6.98. The fraction of sp³-hybridized carbons (Fsp3) is 0.350. The normalized spacial score (nSPS) is 11.4. The summed E-state index contributed by atoms with van der Waals surface area (Å²) in [4.78, 5) is 12.5. The standard InChI is InChI=1S/C20H26N2O4S/c1-5-22(14-20(23)21-17-12-15(3)11-16(4)13-17)27(24,25)19-9-7-18(8-10-19)26-6-2/h7-13H,5-6,14H2,1-4H3,(H,21,23). The average Bonchev–Trinajstić information content (AvgIpc) is 2.59. The van der Waals surface area contributed by atoms with E-state index in [1.165, 1.54) is 12.1 Å². The molecule has 7 heteroatoms. The van der Waals surface area contributed by atoms with Crippen LogP contribution in [-0.4, -0.2) is 38.3 Å². The van der Waals surface area contributed by atoms with Crippen LogP contribution in [0.25, 0.3) is 0 Å². The molecule has 0 saturated heterocycles. The monoisotopic (exact) mass is 390 g/mol. The number of rotatable bonds is 8. The lowest BCUT2D eigenvalue weighted by molar-refractivity contribution is -0.116. The Labute approximate surface area is 161 Å². The SMILES string of the molecule is CCOc1ccc(S(=O)(=O)N(CC)CC(=O)Nc2cc(C)cc(C)c2)cc1. The van der Waals surface area contributed by atoms with Crippen molar-refractivity contribution in [1.29, 1.82) is 0 Å². The largest absolute Gasteiger partial charge is 0.494 e. The molecule has 0 fully saturated rings. The molecule has 1 amide bonds. The van der Waals surface area contributed by atoms with Crippen LogP contribution in [0.3, 0.4) is 0 Å². The van der Waals surface area contributed by atoms with Gasteiger partial charge in [-0.2, -0.15) is 4.31 Å². The first-order valence-corrected chi connectivity index (χ1v) is 10.3. The smallest absolute Gasteiger partial charge is 0.243 e. The quantitative estimate of drug-likeness (QED) is 0.750. The molecular formula is C20H26N2O4S. The summed E-state index contributed by atoms with van der Waals surface area (Å²) < 4.78 is 32.2. The van der Waals surface area contributed by atoms with Gasteiger partial charge in [-0.3, -0.25) is 4.79 Å². The number of nitrogens with one attached hydrogen (secondary N) is 1. The summed E-state index contributed by atoms with van der Waals surface area (Å²) in [6.45, 7) is 7.89. The molecule has 0 atom stereocenters. The molecule has 0 aliphatic heterocycles. The first kappa shape index (κ1) is 20.9. The molecular weight excluding hydrogens is 364 g/mol. The number of hydrogen-bond donors (Lipinski definition) is 1. The van der Waals surface area contributed by atoms with Crippen molar-refractivity contribution in [3.05, 3.63) is 53.6 Å². The van der Waals surface area contributed by atoms with Crippen LogP contribution in [0.2, 0.25) is 0 Å². The predicted molar refractivity (Wildman–Crippen MR) is 107 cm³/mol. The van der Waals surface area contributed by atoms with Gasteiger partial charge in [0.15, 0.2) is 0 Å². The van der Waals surface area contributed by atoms with Gasteiger partial charge in [0, 0.05) is 12.2 Å². The summed E-state index contributed by atoms with van der Waals surface area (Å²) in [6, 6.07) is 11.9. The van der Waals surface area contributed by atoms with Crippen LogP contribution in [0.4, 0.5) is 5.69 Å². The predicted octanol–water partition coefficient (Wildman–Crippen LogP) is 3.35. The summed E-state index contributed by atoms with van der Waals surface area (Å²) >= 11 is 0. The third-order valence-electron chi connectivity index (χ3n) is 3.95. The second-order valence-electron chi connectivity index (χ2n) is 6.26. The zero-order valence-corrected chi connectivity index (χ0v) is 17.0. The lowest BCUT2D eigenvalue weighted by atomic mass is 10.1. The van der Waals surface area contributed by atoms with Gasteiger partial charge in [-0.05, 0) is 68.3 Å². The Hall–Kier alpha value is -2.38. The number of benzene rings is 2. The number of carbonyl (C=O) groups excluding carboxylic acids is 1. The van der Waals surface area contributed by atoms with E-state index in [0.717, 1.165) is 15.4 Å². The molecule has 0 aliphatic rings. The maximum absolute atomic E-state index is 12.8. The fourth-order valence-corrected chi connectivity index (χ4v) is 4.20. The van der Waals surface area contributed by atoms with Crippen LogP contribution in [0.1, 0.15) is 25.0 Å². The maximum Gasteiger partial charge on any atom is 0.243 e. The summed E-state index contributed by atoms with van der Waals surface area (Å²) in [5.74, 6) is 0.225. The molecule has 0 radical (unpaired) electrons. The summed E-state index contributed by atoms with van der Waals surface area (Å²) in [5.41, 5.74) is 2.71. The maximum atomic E-state index is 12.8. The minimum absolute atomic E-state index is 0.131. The number of amides is 1. The molecule has 2 rings (SSSR count). The van der Waals surface area contributed by atoms with Crippen molar-refractivity contribution in [2.75, 3.05) is 25.0 Å². The van der Waals surface area contributed by atoms with E-state index < -0.39 is 10.0 Å². The Balaban J connectivity index is 2.13. The van der Waals surface area contributed by atoms with Gasteiger partial charge in [0.25, 0.3) is 0 Å². The van der Waals surface area contributed by atoms with Crippen LogP contribution in [0, 0.1) is 13.8 Å². The van der Waals surface area contributed by atoms with Crippen molar-refractivity contribution in [2.24, 2.45) is 0 Å². The highest BCUT2D eigenvalue weighted by atomic mass is 32.2. The minimum Gasteiger partial charge on any atom is -0.494 e. The number of carbonyl (C=O) groups is 1. The molecule has 0 spiro atoms. The fourth-order valence-electron chi connectivity index (χ4n) is 2.80. The number of anilines is 1.